The lowest BCUT2D eigenvalue weighted by Crippen LogP contribution is -2.36. The second-order valence-corrected chi connectivity index (χ2v) is 7.25. The smallest absolute Gasteiger partial charge is 0.244 e. The van der Waals surface area contributed by atoms with Gasteiger partial charge in [-0.2, -0.15) is 21.8 Å². The van der Waals surface area contributed by atoms with E-state index in [1.165, 1.54) is 30.7 Å². The molecule has 0 spiro atoms. The lowest BCUT2D eigenvalue weighted by atomic mass is 10.0. The fraction of sp³-hybridized carbons (Fsp3) is 0.714. The summed E-state index contributed by atoms with van der Waals surface area (Å²) in [7, 11) is 0. The van der Waals surface area contributed by atoms with E-state index in [2.05, 4.69) is 44.5 Å². The Kier molecular flexibility index (Phi) is 5.09. The second-order valence-electron chi connectivity index (χ2n) is 6.03. The molecule has 0 aromatic carbocycles. The molecule has 7 nitrogen and oxygen atoms in total. The van der Waals surface area contributed by atoms with Crippen LogP contribution in [0.4, 0.5) is 0 Å². The number of rotatable bonds is 6. The highest BCUT2D eigenvalue weighted by Crippen LogP contribution is 2.25. The Labute approximate surface area is 134 Å². The third-order valence-corrected chi connectivity index (χ3v) is 4.78. The molecule has 1 aliphatic heterocycles. The first kappa shape index (κ1) is 15.5. The molecule has 1 aliphatic rings. The lowest BCUT2D eigenvalue weighted by Gasteiger charge is -2.27. The highest BCUT2D eigenvalue weighted by atomic mass is 32.2. The molecule has 8 heteroatoms. The van der Waals surface area contributed by atoms with Gasteiger partial charge in [0.2, 0.25) is 11.7 Å². The topological polar surface area (TPSA) is 92.5 Å². The normalized spacial score (nSPS) is 18.0. The summed E-state index contributed by atoms with van der Waals surface area (Å²) in [5.74, 6) is 4.63. The van der Waals surface area contributed by atoms with Crippen LogP contribution in [-0.2, 0) is 0 Å². The average Bonchev–Trinajstić information content (AvgIpc) is 3.18. The SMILES string of the molecule is CC(C)C[C@H](NC1CCSCC1)c1nc(-c2ncn[nH]2)no1. The first-order chi connectivity index (χ1) is 10.7. The van der Waals surface area contributed by atoms with Crippen LogP contribution in [0, 0.1) is 5.92 Å². The predicted molar refractivity (Wildman–Crippen MR) is 85.4 cm³/mol. The summed E-state index contributed by atoms with van der Waals surface area (Å²) >= 11 is 2.03. The third-order valence-electron chi connectivity index (χ3n) is 3.73. The van der Waals surface area contributed by atoms with Crippen molar-refractivity contribution in [3.05, 3.63) is 12.2 Å². The third kappa shape index (κ3) is 3.86. The van der Waals surface area contributed by atoms with Crippen molar-refractivity contribution < 1.29 is 4.52 Å². The standard InChI is InChI=1S/C14H22N6OS/c1-9(2)7-11(17-10-3-5-22-6-4-10)14-18-13(20-21-14)12-15-8-16-19-12/h8-11,17H,3-7H2,1-2H3,(H,15,16,19)/t11-/m0/s1. The van der Waals surface area contributed by atoms with Gasteiger partial charge < -0.3 is 9.84 Å². The van der Waals surface area contributed by atoms with E-state index in [1.54, 1.807) is 0 Å². The predicted octanol–water partition coefficient (Wildman–Crippen LogP) is 2.43. The summed E-state index contributed by atoms with van der Waals surface area (Å²) in [5, 5.41) is 14.3. The minimum atomic E-state index is 0.0947. The van der Waals surface area contributed by atoms with Gasteiger partial charge in [0.15, 0.2) is 5.82 Å². The highest BCUT2D eigenvalue weighted by Gasteiger charge is 2.25. The van der Waals surface area contributed by atoms with Crippen LogP contribution in [0.25, 0.3) is 11.6 Å². The maximum absolute atomic E-state index is 5.48. The van der Waals surface area contributed by atoms with Crippen LogP contribution in [0.2, 0.25) is 0 Å². The molecule has 0 amide bonds. The summed E-state index contributed by atoms with van der Waals surface area (Å²) in [5.41, 5.74) is 0. The number of hydrogen-bond acceptors (Lipinski definition) is 7. The van der Waals surface area contributed by atoms with Gasteiger partial charge in [-0.3, -0.25) is 5.10 Å². The first-order valence-corrected chi connectivity index (χ1v) is 8.91. The monoisotopic (exact) mass is 322 g/mol. The van der Waals surface area contributed by atoms with Crippen molar-refractivity contribution in [2.75, 3.05) is 11.5 Å². The lowest BCUT2D eigenvalue weighted by molar-refractivity contribution is 0.280. The number of aromatic amines is 1. The molecule has 3 rings (SSSR count). The van der Waals surface area contributed by atoms with Gasteiger partial charge in [0, 0.05) is 6.04 Å². The maximum Gasteiger partial charge on any atom is 0.244 e. The molecule has 1 atom stereocenters. The Bertz CT molecular complexity index is 564. The van der Waals surface area contributed by atoms with Gasteiger partial charge in [0.25, 0.3) is 0 Å². The van der Waals surface area contributed by atoms with Gasteiger partial charge in [-0.05, 0) is 36.7 Å². The van der Waals surface area contributed by atoms with Crippen LogP contribution in [0.1, 0.15) is 45.0 Å². The van der Waals surface area contributed by atoms with Gasteiger partial charge in [0.05, 0.1) is 6.04 Å². The number of nitrogens with zero attached hydrogens (tertiary/aromatic N) is 4. The van der Waals surface area contributed by atoms with Crippen LogP contribution in [0.15, 0.2) is 10.9 Å². The van der Waals surface area contributed by atoms with Gasteiger partial charge >= 0.3 is 0 Å². The van der Waals surface area contributed by atoms with E-state index in [1.807, 2.05) is 11.8 Å². The Balaban J connectivity index is 1.73. The molecule has 2 aromatic rings. The van der Waals surface area contributed by atoms with Gasteiger partial charge in [0.1, 0.15) is 6.33 Å². The molecular weight excluding hydrogens is 300 g/mol. The number of hydrogen-bond donors (Lipinski definition) is 2. The van der Waals surface area contributed by atoms with Crippen molar-refractivity contribution in [2.24, 2.45) is 5.92 Å². The summed E-state index contributed by atoms with van der Waals surface area (Å²) in [4.78, 5) is 8.55. The van der Waals surface area contributed by atoms with Crippen molar-refractivity contribution in [1.82, 2.24) is 30.6 Å². The zero-order valence-electron chi connectivity index (χ0n) is 13.0. The van der Waals surface area contributed by atoms with E-state index in [4.69, 9.17) is 4.52 Å². The second kappa shape index (κ2) is 7.23. The Morgan fingerprint density at radius 2 is 2.23 bits per heavy atom. The highest BCUT2D eigenvalue weighted by molar-refractivity contribution is 7.99. The van der Waals surface area contributed by atoms with Crippen molar-refractivity contribution in [3.8, 4) is 11.6 Å². The molecule has 1 fully saturated rings. The van der Waals surface area contributed by atoms with Crippen LogP contribution in [0.5, 0.6) is 0 Å². The van der Waals surface area contributed by atoms with Crippen LogP contribution in [0.3, 0.4) is 0 Å². The van der Waals surface area contributed by atoms with Crippen LogP contribution >= 0.6 is 11.8 Å². The van der Waals surface area contributed by atoms with E-state index < -0.39 is 0 Å². The number of aromatic nitrogens is 5. The van der Waals surface area contributed by atoms with Crippen molar-refractivity contribution in [2.45, 2.75) is 45.2 Å². The first-order valence-electron chi connectivity index (χ1n) is 7.75. The van der Waals surface area contributed by atoms with Gasteiger partial charge in [-0.1, -0.05) is 19.0 Å². The fourth-order valence-corrected chi connectivity index (χ4v) is 3.75. The summed E-state index contributed by atoms with van der Waals surface area (Å²) in [6.45, 7) is 4.41. The molecule has 3 heterocycles. The minimum Gasteiger partial charge on any atom is -0.337 e. The van der Waals surface area contributed by atoms with Gasteiger partial charge in [-0.25, -0.2) is 4.98 Å². The molecule has 0 radical (unpaired) electrons. The van der Waals surface area contributed by atoms with E-state index >= 15 is 0 Å². The Morgan fingerprint density at radius 1 is 1.41 bits per heavy atom. The van der Waals surface area contributed by atoms with E-state index in [-0.39, 0.29) is 6.04 Å². The molecule has 2 N–H and O–H groups in total. The Hall–Kier alpha value is -1.41. The van der Waals surface area contributed by atoms with E-state index in [0.29, 0.717) is 29.5 Å². The van der Waals surface area contributed by atoms with Crippen LogP contribution in [-0.4, -0.2) is 42.9 Å². The molecule has 2 aromatic heterocycles. The summed E-state index contributed by atoms with van der Waals surface area (Å²) < 4.78 is 5.48. The Morgan fingerprint density at radius 3 is 2.91 bits per heavy atom. The largest absolute Gasteiger partial charge is 0.337 e. The summed E-state index contributed by atoms with van der Waals surface area (Å²) in [6.07, 6.45) is 4.81. The molecule has 0 aliphatic carbocycles. The number of nitrogens with one attached hydrogen (secondary N) is 2. The molecular formula is C14H22N6OS. The molecule has 120 valence electrons. The van der Waals surface area contributed by atoms with Crippen molar-refractivity contribution in [3.63, 3.8) is 0 Å². The zero-order valence-corrected chi connectivity index (χ0v) is 13.8. The molecule has 0 bridgehead atoms. The maximum atomic E-state index is 5.48. The molecule has 22 heavy (non-hydrogen) atoms. The van der Waals surface area contributed by atoms with Gasteiger partial charge in [-0.15, -0.1) is 0 Å². The summed E-state index contributed by atoms with van der Waals surface area (Å²) in [6, 6.07) is 0.628. The van der Waals surface area contributed by atoms with Crippen molar-refractivity contribution in [1.29, 1.82) is 0 Å². The molecule has 1 saturated heterocycles. The molecule has 0 unspecified atom stereocenters. The van der Waals surface area contributed by atoms with Crippen LogP contribution < -0.4 is 5.32 Å². The average molecular weight is 322 g/mol. The van der Waals surface area contributed by atoms with E-state index in [0.717, 1.165) is 6.42 Å². The number of thioether (sulfide) groups is 1. The van der Waals surface area contributed by atoms with E-state index in [9.17, 15) is 0 Å². The number of H-pyrrole nitrogens is 1. The quantitative estimate of drug-likeness (QED) is 0.843. The fourth-order valence-electron chi connectivity index (χ4n) is 2.65. The molecule has 0 saturated carbocycles. The minimum absolute atomic E-state index is 0.0947. The zero-order chi connectivity index (χ0) is 15.4. The van der Waals surface area contributed by atoms with Crippen molar-refractivity contribution >= 4 is 11.8 Å².